The van der Waals surface area contributed by atoms with Crippen molar-refractivity contribution < 1.29 is 0 Å². The summed E-state index contributed by atoms with van der Waals surface area (Å²) in [6.45, 7) is 3.28. The quantitative estimate of drug-likeness (QED) is 0.851. The smallest absolute Gasteiger partial charge is 0.127 e. The Morgan fingerprint density at radius 3 is 2.81 bits per heavy atom. The Hall–Kier alpha value is -1.39. The van der Waals surface area contributed by atoms with Gasteiger partial charge in [-0.3, -0.25) is 4.90 Å². The van der Waals surface area contributed by atoms with Gasteiger partial charge in [0, 0.05) is 19.1 Å². The standard InChI is InChI=1S/C17H20BrN3/c18-16-9-4-10-17(20-16)19-15-8-5-11-21(13-15)12-14-6-2-1-3-7-14/h1-4,6-7,9-10,15H,5,8,11-13H2,(H,19,20). The number of anilines is 1. The summed E-state index contributed by atoms with van der Waals surface area (Å²) < 4.78 is 0.879. The number of aromatic nitrogens is 1. The van der Waals surface area contributed by atoms with E-state index >= 15 is 0 Å². The molecule has 0 radical (unpaired) electrons. The monoisotopic (exact) mass is 345 g/mol. The molecule has 0 amide bonds. The van der Waals surface area contributed by atoms with E-state index < -0.39 is 0 Å². The molecule has 1 aromatic carbocycles. The van der Waals surface area contributed by atoms with Crippen LogP contribution in [0.2, 0.25) is 0 Å². The van der Waals surface area contributed by atoms with Crippen molar-refractivity contribution in [3.05, 3.63) is 58.7 Å². The van der Waals surface area contributed by atoms with Crippen LogP contribution in [0, 0.1) is 0 Å². The number of rotatable bonds is 4. The summed E-state index contributed by atoms with van der Waals surface area (Å²) in [4.78, 5) is 6.99. The Morgan fingerprint density at radius 2 is 2.00 bits per heavy atom. The largest absolute Gasteiger partial charge is 0.366 e. The second kappa shape index (κ2) is 7.05. The number of piperidine rings is 1. The van der Waals surface area contributed by atoms with E-state index in [1.165, 1.54) is 24.9 Å². The zero-order valence-corrected chi connectivity index (χ0v) is 13.6. The molecule has 0 saturated carbocycles. The Labute approximate surface area is 134 Å². The fourth-order valence-corrected chi connectivity index (χ4v) is 3.20. The maximum Gasteiger partial charge on any atom is 0.127 e. The highest BCUT2D eigenvalue weighted by molar-refractivity contribution is 9.10. The molecule has 0 bridgehead atoms. The number of nitrogens with one attached hydrogen (secondary N) is 1. The highest BCUT2D eigenvalue weighted by Gasteiger charge is 2.20. The van der Waals surface area contributed by atoms with Gasteiger partial charge in [-0.1, -0.05) is 36.4 Å². The van der Waals surface area contributed by atoms with Crippen molar-refractivity contribution in [2.24, 2.45) is 0 Å². The molecule has 3 nitrogen and oxygen atoms in total. The van der Waals surface area contributed by atoms with Gasteiger partial charge < -0.3 is 5.32 Å². The van der Waals surface area contributed by atoms with Crippen LogP contribution in [0.4, 0.5) is 5.82 Å². The van der Waals surface area contributed by atoms with Gasteiger partial charge in [0.2, 0.25) is 0 Å². The van der Waals surface area contributed by atoms with Crippen LogP contribution in [0.5, 0.6) is 0 Å². The van der Waals surface area contributed by atoms with Gasteiger partial charge in [-0.15, -0.1) is 0 Å². The van der Waals surface area contributed by atoms with Crippen molar-refractivity contribution in [2.45, 2.75) is 25.4 Å². The van der Waals surface area contributed by atoms with Crippen molar-refractivity contribution >= 4 is 21.7 Å². The third kappa shape index (κ3) is 4.29. The lowest BCUT2D eigenvalue weighted by molar-refractivity contribution is 0.208. The zero-order chi connectivity index (χ0) is 14.5. The van der Waals surface area contributed by atoms with E-state index in [2.05, 4.69) is 61.5 Å². The average Bonchev–Trinajstić information content (AvgIpc) is 2.49. The summed E-state index contributed by atoms with van der Waals surface area (Å²) in [6.07, 6.45) is 2.44. The molecule has 21 heavy (non-hydrogen) atoms. The van der Waals surface area contributed by atoms with Crippen LogP contribution in [-0.2, 0) is 6.54 Å². The number of likely N-dealkylation sites (tertiary alicyclic amines) is 1. The van der Waals surface area contributed by atoms with Crippen molar-refractivity contribution in [1.82, 2.24) is 9.88 Å². The summed E-state index contributed by atoms with van der Waals surface area (Å²) in [5, 5.41) is 3.55. The van der Waals surface area contributed by atoms with Crippen LogP contribution in [0.15, 0.2) is 53.1 Å². The molecule has 0 aliphatic carbocycles. The van der Waals surface area contributed by atoms with E-state index in [9.17, 15) is 0 Å². The Morgan fingerprint density at radius 1 is 1.14 bits per heavy atom. The molecule has 1 fully saturated rings. The fourth-order valence-electron chi connectivity index (χ4n) is 2.86. The predicted octanol–water partition coefficient (Wildman–Crippen LogP) is 3.92. The molecule has 1 aliphatic rings. The normalized spacial score (nSPS) is 19.4. The molecule has 1 saturated heterocycles. The van der Waals surface area contributed by atoms with Gasteiger partial charge in [0.1, 0.15) is 10.4 Å². The third-order valence-corrected chi connectivity index (χ3v) is 4.26. The van der Waals surface area contributed by atoms with Crippen LogP contribution in [0.3, 0.4) is 0 Å². The Bertz CT molecular complexity index is 573. The molecule has 2 aromatic rings. The number of halogens is 1. The molecule has 1 aromatic heterocycles. The van der Waals surface area contributed by atoms with Crippen LogP contribution in [0.1, 0.15) is 18.4 Å². The highest BCUT2D eigenvalue weighted by atomic mass is 79.9. The first-order valence-corrected chi connectivity index (χ1v) is 8.24. The first-order valence-electron chi connectivity index (χ1n) is 7.45. The van der Waals surface area contributed by atoms with Gasteiger partial charge in [0.25, 0.3) is 0 Å². The number of pyridine rings is 1. The molecule has 2 heterocycles. The van der Waals surface area contributed by atoms with Gasteiger partial charge >= 0.3 is 0 Å². The van der Waals surface area contributed by atoms with Gasteiger partial charge in [0.15, 0.2) is 0 Å². The van der Waals surface area contributed by atoms with E-state index in [4.69, 9.17) is 0 Å². The van der Waals surface area contributed by atoms with E-state index in [0.717, 1.165) is 23.5 Å². The summed E-state index contributed by atoms with van der Waals surface area (Å²) >= 11 is 3.42. The van der Waals surface area contributed by atoms with Gasteiger partial charge in [0.05, 0.1) is 0 Å². The molecule has 3 rings (SSSR count). The molecule has 1 unspecified atom stereocenters. The fraction of sp³-hybridized carbons (Fsp3) is 0.353. The summed E-state index contributed by atoms with van der Waals surface area (Å²) in [6, 6.07) is 17.2. The van der Waals surface area contributed by atoms with Crippen molar-refractivity contribution in [3.8, 4) is 0 Å². The minimum Gasteiger partial charge on any atom is -0.366 e. The van der Waals surface area contributed by atoms with E-state index in [0.29, 0.717) is 6.04 Å². The van der Waals surface area contributed by atoms with E-state index in [-0.39, 0.29) is 0 Å². The van der Waals surface area contributed by atoms with Crippen LogP contribution >= 0.6 is 15.9 Å². The second-order valence-electron chi connectivity index (χ2n) is 5.55. The number of benzene rings is 1. The minimum atomic E-state index is 0.476. The lowest BCUT2D eigenvalue weighted by Crippen LogP contribution is -2.41. The minimum absolute atomic E-state index is 0.476. The van der Waals surface area contributed by atoms with Crippen LogP contribution < -0.4 is 5.32 Å². The van der Waals surface area contributed by atoms with Crippen LogP contribution in [0.25, 0.3) is 0 Å². The topological polar surface area (TPSA) is 28.2 Å². The first-order chi connectivity index (χ1) is 10.3. The average molecular weight is 346 g/mol. The molecule has 1 aliphatic heterocycles. The molecule has 1 N–H and O–H groups in total. The summed E-state index contributed by atoms with van der Waals surface area (Å²) in [5.74, 6) is 0.955. The predicted molar refractivity (Wildman–Crippen MR) is 90.3 cm³/mol. The van der Waals surface area contributed by atoms with E-state index in [1.54, 1.807) is 0 Å². The maximum atomic E-state index is 4.46. The molecule has 1 atom stereocenters. The van der Waals surface area contributed by atoms with E-state index in [1.807, 2.05) is 18.2 Å². The molecular formula is C17H20BrN3. The third-order valence-electron chi connectivity index (χ3n) is 3.82. The highest BCUT2D eigenvalue weighted by Crippen LogP contribution is 2.18. The van der Waals surface area contributed by atoms with Crippen molar-refractivity contribution in [3.63, 3.8) is 0 Å². The molecule has 0 spiro atoms. The number of hydrogen-bond donors (Lipinski definition) is 1. The SMILES string of the molecule is Brc1cccc(NC2CCCN(Cc3ccccc3)C2)n1. The lowest BCUT2D eigenvalue weighted by Gasteiger charge is -2.33. The number of nitrogens with zero attached hydrogens (tertiary/aromatic N) is 2. The van der Waals surface area contributed by atoms with Gasteiger partial charge in [-0.05, 0) is 53.0 Å². The zero-order valence-electron chi connectivity index (χ0n) is 12.0. The lowest BCUT2D eigenvalue weighted by atomic mass is 10.0. The van der Waals surface area contributed by atoms with Gasteiger partial charge in [-0.25, -0.2) is 4.98 Å². The van der Waals surface area contributed by atoms with Crippen LogP contribution in [-0.4, -0.2) is 29.0 Å². The van der Waals surface area contributed by atoms with Gasteiger partial charge in [-0.2, -0.15) is 0 Å². The molecule has 110 valence electrons. The summed E-state index contributed by atoms with van der Waals surface area (Å²) in [7, 11) is 0. The Balaban J connectivity index is 1.58. The second-order valence-corrected chi connectivity index (χ2v) is 6.36. The summed E-state index contributed by atoms with van der Waals surface area (Å²) in [5.41, 5.74) is 1.39. The van der Waals surface area contributed by atoms with Crippen molar-refractivity contribution in [1.29, 1.82) is 0 Å². The maximum absolute atomic E-state index is 4.46. The van der Waals surface area contributed by atoms with Crippen molar-refractivity contribution in [2.75, 3.05) is 18.4 Å². The molecule has 4 heteroatoms. The first kappa shape index (κ1) is 14.5. The molecular weight excluding hydrogens is 326 g/mol. The Kier molecular flexibility index (Phi) is 4.88. The number of hydrogen-bond acceptors (Lipinski definition) is 3.